The zero-order valence-corrected chi connectivity index (χ0v) is 14.2. The summed E-state index contributed by atoms with van der Waals surface area (Å²) >= 11 is 0. The molecule has 0 aromatic heterocycles. The number of carbonyl (C=O) groups is 2. The highest BCUT2D eigenvalue weighted by Gasteiger charge is 2.16. The number of rotatable bonds is 4. The topological polar surface area (TPSA) is 85.9 Å². The van der Waals surface area contributed by atoms with Crippen molar-refractivity contribution in [3.63, 3.8) is 0 Å². The molecule has 1 aliphatic heterocycles. The summed E-state index contributed by atoms with van der Waals surface area (Å²) < 4.78 is 15.9. The molecule has 0 radical (unpaired) electrons. The van der Waals surface area contributed by atoms with Gasteiger partial charge < -0.3 is 14.2 Å². The Balaban J connectivity index is 1.63. The normalized spacial score (nSPS) is 12.9. The van der Waals surface area contributed by atoms with Gasteiger partial charge in [-0.3, -0.25) is 20.4 Å². The minimum Gasteiger partial charge on any atom is -0.491 e. The molecule has 7 nitrogen and oxygen atoms in total. The van der Waals surface area contributed by atoms with E-state index in [9.17, 15) is 9.59 Å². The number of amides is 2. The van der Waals surface area contributed by atoms with E-state index in [2.05, 4.69) is 10.9 Å². The smallest absolute Gasteiger partial charge is 0.304 e. The summed E-state index contributed by atoms with van der Waals surface area (Å²) in [5.74, 6) is 0.104. The number of hydrogen-bond donors (Lipinski definition) is 2. The van der Waals surface area contributed by atoms with Crippen molar-refractivity contribution >= 4 is 17.9 Å². The SMILES string of the molecule is COC(=Cc1ccccc1)C(=O)NNC(=O)c1ccc2c(c1)OCCO2. The van der Waals surface area contributed by atoms with Crippen LogP contribution in [0, 0.1) is 0 Å². The Bertz CT molecular complexity index is 833. The third kappa shape index (κ3) is 4.13. The van der Waals surface area contributed by atoms with Crippen LogP contribution in [0.5, 0.6) is 11.5 Å². The predicted octanol–water partition coefficient (Wildman–Crippen LogP) is 1.91. The molecule has 7 heteroatoms. The molecule has 0 aliphatic carbocycles. The summed E-state index contributed by atoms with van der Waals surface area (Å²) in [5.41, 5.74) is 5.82. The second-order valence-electron chi connectivity index (χ2n) is 5.39. The highest BCUT2D eigenvalue weighted by Crippen LogP contribution is 2.30. The zero-order chi connectivity index (χ0) is 18.4. The van der Waals surface area contributed by atoms with Gasteiger partial charge in [0.05, 0.1) is 7.11 Å². The molecule has 0 spiro atoms. The van der Waals surface area contributed by atoms with Crippen LogP contribution in [0.1, 0.15) is 15.9 Å². The molecule has 0 fully saturated rings. The van der Waals surface area contributed by atoms with Gasteiger partial charge in [-0.15, -0.1) is 0 Å². The highest BCUT2D eigenvalue weighted by atomic mass is 16.6. The molecule has 3 rings (SSSR count). The lowest BCUT2D eigenvalue weighted by molar-refractivity contribution is -0.121. The van der Waals surface area contributed by atoms with Gasteiger partial charge in [0, 0.05) is 5.56 Å². The van der Waals surface area contributed by atoms with Crippen LogP contribution in [0.2, 0.25) is 0 Å². The lowest BCUT2D eigenvalue weighted by Crippen LogP contribution is -2.42. The van der Waals surface area contributed by atoms with Crippen LogP contribution in [0.25, 0.3) is 6.08 Å². The predicted molar refractivity (Wildman–Crippen MR) is 94.5 cm³/mol. The molecule has 134 valence electrons. The van der Waals surface area contributed by atoms with Gasteiger partial charge in [-0.05, 0) is 29.8 Å². The maximum absolute atomic E-state index is 12.2. The lowest BCUT2D eigenvalue weighted by atomic mass is 10.2. The van der Waals surface area contributed by atoms with Gasteiger partial charge in [-0.2, -0.15) is 0 Å². The second-order valence-corrected chi connectivity index (χ2v) is 5.39. The standard InChI is InChI=1S/C19H18N2O5/c1-24-17(11-13-5-3-2-4-6-13)19(23)21-20-18(22)14-7-8-15-16(12-14)26-10-9-25-15/h2-8,11-12H,9-10H2,1H3,(H,20,22)(H,21,23). The van der Waals surface area contributed by atoms with E-state index in [-0.39, 0.29) is 5.76 Å². The fourth-order valence-electron chi connectivity index (χ4n) is 2.35. The fraction of sp³-hybridized carbons (Fsp3) is 0.158. The van der Waals surface area contributed by atoms with E-state index < -0.39 is 11.8 Å². The average Bonchev–Trinajstić information content (AvgIpc) is 2.70. The zero-order valence-electron chi connectivity index (χ0n) is 14.2. The van der Waals surface area contributed by atoms with E-state index in [1.165, 1.54) is 7.11 Å². The number of hydrazine groups is 1. The molecule has 26 heavy (non-hydrogen) atoms. The van der Waals surface area contributed by atoms with Gasteiger partial charge in [0.2, 0.25) is 0 Å². The first kappa shape index (κ1) is 17.3. The average molecular weight is 354 g/mol. The number of hydrogen-bond acceptors (Lipinski definition) is 5. The summed E-state index contributed by atoms with van der Waals surface area (Å²) in [6, 6.07) is 14.0. The van der Waals surface area contributed by atoms with E-state index in [0.29, 0.717) is 30.3 Å². The summed E-state index contributed by atoms with van der Waals surface area (Å²) in [6.07, 6.45) is 1.57. The van der Waals surface area contributed by atoms with Crippen molar-refractivity contribution < 1.29 is 23.8 Å². The number of benzene rings is 2. The van der Waals surface area contributed by atoms with Crippen molar-refractivity contribution in [2.45, 2.75) is 0 Å². The van der Waals surface area contributed by atoms with E-state index >= 15 is 0 Å². The van der Waals surface area contributed by atoms with Crippen molar-refractivity contribution in [2.24, 2.45) is 0 Å². The number of fused-ring (bicyclic) bond motifs is 1. The Kier molecular flexibility index (Phi) is 5.38. The minimum absolute atomic E-state index is 0.0682. The Morgan fingerprint density at radius 1 is 1.00 bits per heavy atom. The number of methoxy groups -OCH3 is 1. The van der Waals surface area contributed by atoms with Crippen molar-refractivity contribution in [3.05, 3.63) is 65.4 Å². The molecule has 2 aromatic rings. The molecule has 0 saturated heterocycles. The first-order valence-electron chi connectivity index (χ1n) is 7.98. The van der Waals surface area contributed by atoms with Gasteiger partial charge in [-0.25, -0.2) is 0 Å². The molecule has 0 saturated carbocycles. The molecular formula is C19H18N2O5. The third-order valence-corrected chi connectivity index (χ3v) is 3.63. The Morgan fingerprint density at radius 3 is 2.46 bits per heavy atom. The molecule has 0 bridgehead atoms. The summed E-state index contributed by atoms with van der Waals surface area (Å²) in [5, 5.41) is 0. The molecule has 1 aliphatic rings. The van der Waals surface area contributed by atoms with Crippen LogP contribution in [-0.2, 0) is 9.53 Å². The van der Waals surface area contributed by atoms with Crippen LogP contribution < -0.4 is 20.3 Å². The van der Waals surface area contributed by atoms with Gasteiger partial charge in [0.25, 0.3) is 5.91 Å². The third-order valence-electron chi connectivity index (χ3n) is 3.63. The van der Waals surface area contributed by atoms with Gasteiger partial charge >= 0.3 is 5.91 Å². The lowest BCUT2D eigenvalue weighted by Gasteiger charge is -2.18. The van der Waals surface area contributed by atoms with Crippen molar-refractivity contribution in [1.29, 1.82) is 0 Å². The Hall–Kier alpha value is -3.48. The Morgan fingerprint density at radius 2 is 1.73 bits per heavy atom. The van der Waals surface area contributed by atoms with E-state index in [0.717, 1.165) is 5.56 Å². The number of carbonyl (C=O) groups excluding carboxylic acids is 2. The van der Waals surface area contributed by atoms with Crippen LogP contribution in [0.15, 0.2) is 54.3 Å². The monoisotopic (exact) mass is 354 g/mol. The molecule has 0 unspecified atom stereocenters. The number of nitrogens with one attached hydrogen (secondary N) is 2. The molecule has 0 atom stereocenters. The quantitative estimate of drug-likeness (QED) is 0.498. The first-order chi connectivity index (χ1) is 12.7. The van der Waals surface area contributed by atoms with Crippen LogP contribution in [0.4, 0.5) is 0 Å². The van der Waals surface area contributed by atoms with Crippen molar-refractivity contribution in [1.82, 2.24) is 10.9 Å². The maximum atomic E-state index is 12.2. The largest absolute Gasteiger partial charge is 0.491 e. The number of ether oxygens (including phenoxy) is 3. The molecule has 2 N–H and O–H groups in total. The van der Waals surface area contributed by atoms with E-state index in [4.69, 9.17) is 14.2 Å². The summed E-state index contributed by atoms with van der Waals surface area (Å²) in [4.78, 5) is 24.4. The van der Waals surface area contributed by atoms with E-state index in [1.807, 2.05) is 30.3 Å². The molecule has 2 aromatic carbocycles. The van der Waals surface area contributed by atoms with Gasteiger partial charge in [0.15, 0.2) is 17.3 Å². The van der Waals surface area contributed by atoms with Gasteiger partial charge in [0.1, 0.15) is 13.2 Å². The van der Waals surface area contributed by atoms with Crippen LogP contribution in [-0.4, -0.2) is 32.1 Å². The van der Waals surface area contributed by atoms with E-state index in [1.54, 1.807) is 24.3 Å². The van der Waals surface area contributed by atoms with Crippen LogP contribution >= 0.6 is 0 Å². The Labute approximate surface area is 150 Å². The van der Waals surface area contributed by atoms with Crippen molar-refractivity contribution in [3.8, 4) is 11.5 Å². The highest BCUT2D eigenvalue weighted by molar-refractivity contribution is 6.00. The molecular weight excluding hydrogens is 336 g/mol. The molecule has 1 heterocycles. The second kappa shape index (κ2) is 8.06. The van der Waals surface area contributed by atoms with Crippen molar-refractivity contribution in [2.75, 3.05) is 20.3 Å². The summed E-state index contributed by atoms with van der Waals surface area (Å²) in [6.45, 7) is 0.901. The first-order valence-corrected chi connectivity index (χ1v) is 7.98. The van der Waals surface area contributed by atoms with Gasteiger partial charge in [-0.1, -0.05) is 30.3 Å². The fourth-order valence-corrected chi connectivity index (χ4v) is 2.35. The minimum atomic E-state index is -0.567. The van der Waals surface area contributed by atoms with Crippen LogP contribution in [0.3, 0.4) is 0 Å². The molecule has 2 amide bonds. The maximum Gasteiger partial charge on any atom is 0.304 e. The summed E-state index contributed by atoms with van der Waals surface area (Å²) in [7, 11) is 1.39.